The van der Waals surface area contributed by atoms with Crippen LogP contribution in [-0.2, 0) is 14.6 Å². The Morgan fingerprint density at radius 2 is 2.11 bits per heavy atom. The van der Waals surface area contributed by atoms with Gasteiger partial charge < -0.3 is 10.1 Å². The van der Waals surface area contributed by atoms with Crippen LogP contribution in [0.4, 0.5) is 4.79 Å². The summed E-state index contributed by atoms with van der Waals surface area (Å²) in [6.07, 6.45) is 1.79. The second kappa shape index (κ2) is 5.91. The Bertz CT molecular complexity index is 391. The number of carbonyl (C=O) groups excluding carboxylic acids is 1. The van der Waals surface area contributed by atoms with Crippen molar-refractivity contribution >= 4 is 15.9 Å². The lowest BCUT2D eigenvalue weighted by Crippen LogP contribution is -2.47. The zero-order chi connectivity index (χ0) is 13.8. The maximum atomic E-state index is 11.5. The summed E-state index contributed by atoms with van der Waals surface area (Å²) in [5, 5.41) is 2.66. The molecule has 1 rings (SSSR count). The van der Waals surface area contributed by atoms with Crippen LogP contribution in [0.25, 0.3) is 0 Å². The predicted molar refractivity (Wildman–Crippen MR) is 70.2 cm³/mol. The van der Waals surface area contributed by atoms with Crippen LogP contribution in [0, 0.1) is 5.92 Å². The molecule has 6 heteroatoms. The van der Waals surface area contributed by atoms with E-state index in [1.165, 1.54) is 0 Å². The van der Waals surface area contributed by atoms with E-state index in [2.05, 4.69) is 19.2 Å². The summed E-state index contributed by atoms with van der Waals surface area (Å²) in [4.78, 5) is 11.5. The lowest BCUT2D eigenvalue weighted by atomic mass is 10.0. The minimum atomic E-state index is -3.01. The molecule has 106 valence electrons. The van der Waals surface area contributed by atoms with Crippen LogP contribution in [0.15, 0.2) is 0 Å². The van der Waals surface area contributed by atoms with Crippen LogP contribution in [0.1, 0.15) is 40.0 Å². The number of sulfone groups is 1. The summed E-state index contributed by atoms with van der Waals surface area (Å²) in [5.41, 5.74) is -0.673. The number of carbonyl (C=O) groups is 1. The number of hydrogen-bond donors (Lipinski definition) is 1. The van der Waals surface area contributed by atoms with Crippen LogP contribution in [-0.4, -0.2) is 38.2 Å². The second-order valence-corrected chi connectivity index (χ2v) is 7.88. The van der Waals surface area contributed by atoms with E-state index in [0.29, 0.717) is 18.9 Å². The fraction of sp³-hybridized carbons (Fsp3) is 0.917. The van der Waals surface area contributed by atoms with E-state index >= 15 is 0 Å². The Kier molecular flexibility index (Phi) is 5.01. The van der Waals surface area contributed by atoms with Gasteiger partial charge in [0.05, 0.1) is 23.7 Å². The molecule has 0 bridgehead atoms. The molecule has 1 N–H and O–H groups in total. The molecular formula is C12H23NO4S. The van der Waals surface area contributed by atoms with E-state index < -0.39 is 21.5 Å². The maximum Gasteiger partial charge on any atom is 0.407 e. The first-order chi connectivity index (χ1) is 8.22. The lowest BCUT2D eigenvalue weighted by molar-refractivity contribution is 0.133. The first-order valence-corrected chi connectivity index (χ1v) is 8.20. The van der Waals surface area contributed by atoms with Crippen LogP contribution in [0.5, 0.6) is 0 Å². The normalized spacial score (nSPS) is 26.2. The number of amides is 1. The van der Waals surface area contributed by atoms with Crippen molar-refractivity contribution in [3.05, 3.63) is 0 Å². The number of hydrogen-bond acceptors (Lipinski definition) is 4. The zero-order valence-corrected chi connectivity index (χ0v) is 12.2. The van der Waals surface area contributed by atoms with E-state index in [1.807, 2.05) is 0 Å². The van der Waals surface area contributed by atoms with Gasteiger partial charge in [-0.05, 0) is 32.1 Å². The molecule has 0 aromatic heterocycles. The van der Waals surface area contributed by atoms with Crippen LogP contribution in [0.2, 0.25) is 0 Å². The third-order valence-electron chi connectivity index (χ3n) is 3.07. The molecule has 1 atom stereocenters. The highest BCUT2D eigenvalue weighted by atomic mass is 32.2. The first-order valence-electron chi connectivity index (χ1n) is 6.38. The van der Waals surface area contributed by atoms with Gasteiger partial charge in [-0.2, -0.15) is 0 Å². The quantitative estimate of drug-likeness (QED) is 0.777. The standard InChI is InChI=1S/C12H23NO4S/c1-10(2)5-4-7-17-11(14)13-12(3)6-8-18(15,16)9-12/h10H,4-9H2,1-3H3,(H,13,14). The SMILES string of the molecule is CC(C)CCCOC(=O)NC1(C)CCS(=O)(=O)C1. The average molecular weight is 277 g/mol. The Balaban J connectivity index is 2.28. The highest BCUT2D eigenvalue weighted by Gasteiger charge is 2.39. The van der Waals surface area contributed by atoms with Gasteiger partial charge in [0.25, 0.3) is 0 Å². The van der Waals surface area contributed by atoms with Gasteiger partial charge in [-0.1, -0.05) is 13.8 Å². The fourth-order valence-corrected chi connectivity index (χ4v) is 4.14. The zero-order valence-electron chi connectivity index (χ0n) is 11.4. The average Bonchev–Trinajstić information content (AvgIpc) is 2.47. The smallest absolute Gasteiger partial charge is 0.407 e. The summed E-state index contributed by atoms with van der Waals surface area (Å²) in [6.45, 7) is 6.36. The number of ether oxygens (including phenoxy) is 1. The number of alkyl carbamates (subject to hydrolysis) is 1. The summed E-state index contributed by atoms with van der Waals surface area (Å²) >= 11 is 0. The second-order valence-electron chi connectivity index (χ2n) is 5.70. The maximum absolute atomic E-state index is 11.5. The van der Waals surface area contributed by atoms with Gasteiger partial charge in [-0.15, -0.1) is 0 Å². The molecule has 0 radical (unpaired) electrons. The van der Waals surface area contributed by atoms with Crippen LogP contribution < -0.4 is 5.32 Å². The molecule has 0 saturated carbocycles. The topological polar surface area (TPSA) is 72.5 Å². The predicted octanol–water partition coefficient (Wildman–Crippen LogP) is 1.73. The Hall–Kier alpha value is -0.780. The largest absolute Gasteiger partial charge is 0.450 e. The molecule has 18 heavy (non-hydrogen) atoms. The Morgan fingerprint density at radius 3 is 2.61 bits per heavy atom. The molecule has 1 unspecified atom stereocenters. The van der Waals surface area contributed by atoms with Crippen molar-refractivity contribution in [2.24, 2.45) is 5.92 Å². The fourth-order valence-electron chi connectivity index (χ4n) is 2.05. The van der Waals surface area contributed by atoms with Gasteiger partial charge in [0.15, 0.2) is 9.84 Å². The third-order valence-corrected chi connectivity index (χ3v) is 4.97. The van der Waals surface area contributed by atoms with E-state index in [1.54, 1.807) is 6.92 Å². The Morgan fingerprint density at radius 1 is 1.44 bits per heavy atom. The molecule has 0 aromatic rings. The summed E-state index contributed by atoms with van der Waals surface area (Å²) in [5.74, 6) is 0.729. The molecular weight excluding hydrogens is 254 g/mol. The molecule has 1 amide bonds. The highest BCUT2D eigenvalue weighted by molar-refractivity contribution is 7.91. The molecule has 1 aliphatic heterocycles. The summed E-state index contributed by atoms with van der Waals surface area (Å²) in [7, 11) is -3.01. The molecule has 0 spiro atoms. The van der Waals surface area contributed by atoms with Gasteiger partial charge >= 0.3 is 6.09 Å². The summed E-state index contributed by atoms with van der Waals surface area (Å²) < 4.78 is 27.8. The van der Waals surface area contributed by atoms with Crippen molar-refractivity contribution in [2.75, 3.05) is 18.1 Å². The van der Waals surface area contributed by atoms with Crippen LogP contribution >= 0.6 is 0 Å². The molecule has 1 saturated heterocycles. The lowest BCUT2D eigenvalue weighted by Gasteiger charge is -2.23. The molecule has 1 aliphatic rings. The monoisotopic (exact) mass is 277 g/mol. The number of nitrogens with one attached hydrogen (secondary N) is 1. The van der Waals surface area contributed by atoms with Crippen LogP contribution in [0.3, 0.4) is 0 Å². The highest BCUT2D eigenvalue weighted by Crippen LogP contribution is 2.22. The van der Waals surface area contributed by atoms with E-state index in [9.17, 15) is 13.2 Å². The number of rotatable bonds is 5. The van der Waals surface area contributed by atoms with Crippen molar-refractivity contribution in [2.45, 2.75) is 45.6 Å². The van der Waals surface area contributed by atoms with Crippen molar-refractivity contribution in [1.82, 2.24) is 5.32 Å². The van der Waals surface area contributed by atoms with Gasteiger partial charge in [0.1, 0.15) is 0 Å². The molecule has 1 fully saturated rings. The van der Waals surface area contributed by atoms with E-state index in [-0.39, 0.29) is 11.5 Å². The van der Waals surface area contributed by atoms with Crippen molar-refractivity contribution < 1.29 is 17.9 Å². The third kappa shape index (κ3) is 5.25. The Labute approximate surface area is 109 Å². The molecule has 0 aliphatic carbocycles. The van der Waals surface area contributed by atoms with Gasteiger partial charge in [-0.3, -0.25) is 0 Å². The first kappa shape index (κ1) is 15.3. The van der Waals surface area contributed by atoms with Gasteiger partial charge in [-0.25, -0.2) is 13.2 Å². The van der Waals surface area contributed by atoms with Crippen molar-refractivity contribution in [1.29, 1.82) is 0 Å². The molecule has 0 aromatic carbocycles. The van der Waals surface area contributed by atoms with E-state index in [0.717, 1.165) is 12.8 Å². The molecule has 1 heterocycles. The van der Waals surface area contributed by atoms with Crippen molar-refractivity contribution in [3.8, 4) is 0 Å². The minimum absolute atomic E-state index is 0.00109. The minimum Gasteiger partial charge on any atom is -0.450 e. The van der Waals surface area contributed by atoms with Gasteiger partial charge in [0.2, 0.25) is 0 Å². The van der Waals surface area contributed by atoms with Crippen molar-refractivity contribution in [3.63, 3.8) is 0 Å². The van der Waals surface area contributed by atoms with E-state index in [4.69, 9.17) is 4.74 Å². The summed E-state index contributed by atoms with van der Waals surface area (Å²) in [6, 6.07) is 0. The van der Waals surface area contributed by atoms with Gasteiger partial charge in [0, 0.05) is 0 Å². The molecule has 5 nitrogen and oxygen atoms in total.